The summed E-state index contributed by atoms with van der Waals surface area (Å²) in [6.07, 6.45) is 8.44. The largest absolute Gasteiger partial charge is 0.361 e. The number of rotatable bonds is 4. The second-order valence-corrected chi connectivity index (χ2v) is 8.95. The van der Waals surface area contributed by atoms with E-state index in [0.717, 1.165) is 11.1 Å². The minimum Gasteiger partial charge on any atom is -0.361 e. The van der Waals surface area contributed by atoms with Crippen molar-refractivity contribution in [2.75, 3.05) is 13.2 Å². The predicted molar refractivity (Wildman–Crippen MR) is 106 cm³/mol. The molecule has 0 radical (unpaired) electrons. The van der Waals surface area contributed by atoms with Crippen LogP contribution in [0.3, 0.4) is 0 Å². The third-order valence-electron chi connectivity index (χ3n) is 5.24. The Kier molecular flexibility index (Phi) is 4.76. The molecule has 2 aromatic rings. The summed E-state index contributed by atoms with van der Waals surface area (Å²) in [5.74, 6) is 0. The molecule has 0 bridgehead atoms. The first-order chi connectivity index (χ1) is 13.0. The van der Waals surface area contributed by atoms with Gasteiger partial charge < -0.3 is 4.74 Å². The van der Waals surface area contributed by atoms with Gasteiger partial charge in [-0.05, 0) is 37.1 Å². The van der Waals surface area contributed by atoms with E-state index in [4.69, 9.17) is 4.74 Å². The summed E-state index contributed by atoms with van der Waals surface area (Å²) in [7, 11) is -3.64. The van der Waals surface area contributed by atoms with Crippen LogP contribution >= 0.6 is 0 Å². The van der Waals surface area contributed by atoms with E-state index in [1.165, 1.54) is 0 Å². The normalized spacial score (nSPS) is 25.3. The smallest absolute Gasteiger partial charge is 0.243 e. The summed E-state index contributed by atoms with van der Waals surface area (Å²) in [4.78, 5) is 0.318. The van der Waals surface area contributed by atoms with Gasteiger partial charge in [0.15, 0.2) is 0 Å². The van der Waals surface area contributed by atoms with E-state index < -0.39 is 15.6 Å². The van der Waals surface area contributed by atoms with Crippen molar-refractivity contribution >= 4 is 10.0 Å². The summed E-state index contributed by atoms with van der Waals surface area (Å²) in [5.41, 5.74) is 1.41. The molecule has 0 aliphatic carbocycles. The van der Waals surface area contributed by atoms with Crippen molar-refractivity contribution in [1.29, 1.82) is 0 Å². The van der Waals surface area contributed by atoms with Gasteiger partial charge in [-0.1, -0.05) is 66.3 Å². The second kappa shape index (κ2) is 7.08. The van der Waals surface area contributed by atoms with Crippen molar-refractivity contribution in [1.82, 2.24) is 4.31 Å². The molecule has 0 saturated carbocycles. The Morgan fingerprint density at radius 2 is 1.74 bits per heavy atom. The molecule has 4 rings (SSSR count). The van der Waals surface area contributed by atoms with Crippen LogP contribution in [0, 0.1) is 6.92 Å². The van der Waals surface area contributed by atoms with E-state index in [0.29, 0.717) is 24.5 Å². The first-order valence-electron chi connectivity index (χ1n) is 9.13. The van der Waals surface area contributed by atoms with E-state index in [-0.39, 0.29) is 6.04 Å². The maximum atomic E-state index is 13.5. The zero-order valence-electron chi connectivity index (χ0n) is 15.3. The average molecular weight is 381 g/mol. The molecule has 2 atom stereocenters. The molecule has 2 heterocycles. The lowest BCUT2D eigenvalue weighted by Crippen LogP contribution is -2.56. The third-order valence-corrected chi connectivity index (χ3v) is 7.13. The van der Waals surface area contributed by atoms with Gasteiger partial charge in [-0.2, -0.15) is 4.31 Å². The van der Waals surface area contributed by atoms with Gasteiger partial charge in [0.1, 0.15) is 5.60 Å². The molecule has 2 aliphatic rings. The summed E-state index contributed by atoms with van der Waals surface area (Å²) in [6.45, 7) is 2.78. The number of sulfonamides is 1. The van der Waals surface area contributed by atoms with E-state index >= 15 is 0 Å². The molecule has 0 amide bonds. The Morgan fingerprint density at radius 1 is 1.04 bits per heavy atom. The van der Waals surface area contributed by atoms with Crippen molar-refractivity contribution in [2.45, 2.75) is 29.9 Å². The van der Waals surface area contributed by atoms with Gasteiger partial charge in [0, 0.05) is 6.54 Å². The zero-order chi connectivity index (χ0) is 18.9. The Labute approximate surface area is 160 Å². The highest BCUT2D eigenvalue weighted by atomic mass is 32.2. The van der Waals surface area contributed by atoms with Gasteiger partial charge in [0.2, 0.25) is 10.0 Å². The number of hydrogen-bond acceptors (Lipinski definition) is 3. The molecule has 4 nitrogen and oxygen atoms in total. The van der Waals surface area contributed by atoms with Crippen LogP contribution < -0.4 is 0 Å². The van der Waals surface area contributed by atoms with Crippen LogP contribution in [0.2, 0.25) is 0 Å². The number of ether oxygens (including phenoxy) is 1. The lowest BCUT2D eigenvalue weighted by molar-refractivity contribution is 0.00614. The molecule has 0 aromatic heterocycles. The minimum atomic E-state index is -3.64. The number of aryl methyl sites for hydroxylation is 1. The second-order valence-electron chi connectivity index (χ2n) is 7.06. The summed E-state index contributed by atoms with van der Waals surface area (Å²) in [5, 5.41) is 0. The lowest BCUT2D eigenvalue weighted by atomic mass is 9.86. The van der Waals surface area contributed by atoms with Gasteiger partial charge in [-0.25, -0.2) is 8.42 Å². The van der Waals surface area contributed by atoms with E-state index in [1.807, 2.05) is 73.7 Å². The van der Waals surface area contributed by atoms with Crippen molar-refractivity contribution in [3.05, 3.63) is 90.0 Å². The SMILES string of the molecule is Cc1ccc(S(=O)(=O)N2CC=C[C@@]3(C=CCO3)[C@@H]2Cc2ccccc2)cc1. The number of hydrogen-bond donors (Lipinski definition) is 0. The van der Waals surface area contributed by atoms with Crippen molar-refractivity contribution in [2.24, 2.45) is 0 Å². The first kappa shape index (κ1) is 18.2. The molecule has 0 fully saturated rings. The molecule has 0 N–H and O–H groups in total. The number of nitrogens with zero attached hydrogens (tertiary/aromatic N) is 1. The topological polar surface area (TPSA) is 46.6 Å². The Hall–Kier alpha value is -2.21. The molecular formula is C22H23NO3S. The van der Waals surface area contributed by atoms with Crippen LogP contribution in [-0.2, 0) is 21.2 Å². The first-order valence-corrected chi connectivity index (χ1v) is 10.6. The molecule has 0 unspecified atom stereocenters. The van der Waals surface area contributed by atoms with Crippen molar-refractivity contribution < 1.29 is 13.2 Å². The molecule has 27 heavy (non-hydrogen) atoms. The average Bonchev–Trinajstić information content (AvgIpc) is 3.14. The van der Waals surface area contributed by atoms with Crippen LogP contribution in [0.5, 0.6) is 0 Å². The monoisotopic (exact) mass is 381 g/mol. The highest BCUT2D eigenvalue weighted by molar-refractivity contribution is 7.89. The van der Waals surface area contributed by atoms with Crippen LogP contribution in [0.15, 0.2) is 83.8 Å². The standard InChI is InChI=1S/C22H23NO3S/c1-18-9-11-20(12-10-18)27(24,25)23-15-5-13-22(14-6-16-26-22)21(23)17-19-7-3-2-4-8-19/h2-14,21H,15-17H2,1H3/t21-,22+/m0/s1. The fraction of sp³-hybridized carbons (Fsp3) is 0.273. The third kappa shape index (κ3) is 3.38. The Morgan fingerprint density at radius 3 is 2.41 bits per heavy atom. The molecule has 2 aromatic carbocycles. The summed E-state index contributed by atoms with van der Waals surface area (Å²) >= 11 is 0. The van der Waals surface area contributed by atoms with Crippen molar-refractivity contribution in [3.8, 4) is 0 Å². The lowest BCUT2D eigenvalue weighted by Gasteiger charge is -2.43. The number of benzene rings is 2. The Balaban J connectivity index is 1.76. The van der Waals surface area contributed by atoms with Gasteiger partial charge in [-0.3, -0.25) is 0 Å². The molecular weight excluding hydrogens is 358 g/mol. The van der Waals surface area contributed by atoms with Crippen LogP contribution in [0.25, 0.3) is 0 Å². The molecule has 5 heteroatoms. The van der Waals surface area contributed by atoms with Crippen molar-refractivity contribution in [3.63, 3.8) is 0 Å². The maximum Gasteiger partial charge on any atom is 0.243 e. The summed E-state index contributed by atoms with van der Waals surface area (Å²) in [6, 6.07) is 16.7. The van der Waals surface area contributed by atoms with Gasteiger partial charge >= 0.3 is 0 Å². The molecule has 1 spiro atoms. The highest BCUT2D eigenvalue weighted by Gasteiger charge is 2.47. The fourth-order valence-corrected chi connectivity index (χ4v) is 5.41. The molecule has 2 aliphatic heterocycles. The zero-order valence-corrected chi connectivity index (χ0v) is 16.1. The fourth-order valence-electron chi connectivity index (χ4n) is 3.80. The van der Waals surface area contributed by atoms with E-state index in [9.17, 15) is 8.42 Å². The van der Waals surface area contributed by atoms with Gasteiger partial charge in [-0.15, -0.1) is 0 Å². The molecule has 140 valence electrons. The van der Waals surface area contributed by atoms with Crippen LogP contribution in [0.4, 0.5) is 0 Å². The Bertz CT molecular complexity index is 964. The van der Waals surface area contributed by atoms with Crippen LogP contribution in [0.1, 0.15) is 11.1 Å². The van der Waals surface area contributed by atoms with Gasteiger partial charge in [0.05, 0.1) is 17.5 Å². The summed E-state index contributed by atoms with van der Waals surface area (Å²) < 4.78 is 34.5. The quantitative estimate of drug-likeness (QED) is 0.762. The van der Waals surface area contributed by atoms with Crippen LogP contribution in [-0.4, -0.2) is 37.5 Å². The van der Waals surface area contributed by atoms with E-state index in [1.54, 1.807) is 16.4 Å². The van der Waals surface area contributed by atoms with Gasteiger partial charge in [0.25, 0.3) is 0 Å². The van der Waals surface area contributed by atoms with E-state index in [2.05, 4.69) is 0 Å². The highest BCUT2D eigenvalue weighted by Crippen LogP contribution is 2.36. The predicted octanol–water partition coefficient (Wildman–Crippen LogP) is 3.49. The maximum absolute atomic E-state index is 13.5. The minimum absolute atomic E-state index is 0.318. The molecule has 0 saturated heterocycles.